The Balaban J connectivity index is 1.48. The second kappa shape index (κ2) is 9.68. The maximum atomic E-state index is 13.0. The first-order chi connectivity index (χ1) is 15.0. The summed E-state index contributed by atoms with van der Waals surface area (Å²) in [6, 6.07) is 11.6. The monoisotopic (exact) mass is 441 g/mol. The van der Waals surface area contributed by atoms with Gasteiger partial charge in [-0.15, -0.1) is 0 Å². The second-order valence-electron chi connectivity index (χ2n) is 7.96. The molecule has 4 rings (SSSR count). The van der Waals surface area contributed by atoms with Gasteiger partial charge in [-0.2, -0.15) is 0 Å². The molecule has 8 heteroatoms. The van der Waals surface area contributed by atoms with Crippen LogP contribution in [-0.4, -0.2) is 84.6 Å². The molecule has 1 aromatic heterocycles. The number of likely N-dealkylation sites (tertiary alicyclic amines) is 1. The van der Waals surface area contributed by atoms with Crippen molar-refractivity contribution in [2.24, 2.45) is 5.73 Å². The lowest BCUT2D eigenvalue weighted by Gasteiger charge is -2.47. The standard InChI is InChI=1S/C23H28ClN5O2/c1-27(16-21(30)29-14-20(15-29)28-10-12-31-13-11-28)23(18-6-8-26-9-7-18)22(25)17-2-4-19(24)5-3-17/h2-9,20H,10-16,25H2,1H3/b23-22-. The van der Waals surface area contributed by atoms with Gasteiger partial charge in [0.1, 0.15) is 0 Å². The highest BCUT2D eigenvalue weighted by Crippen LogP contribution is 2.26. The Labute approximate surface area is 188 Å². The van der Waals surface area contributed by atoms with Crippen LogP contribution in [0.25, 0.3) is 11.4 Å². The van der Waals surface area contributed by atoms with Crippen molar-refractivity contribution in [1.29, 1.82) is 0 Å². The highest BCUT2D eigenvalue weighted by atomic mass is 35.5. The van der Waals surface area contributed by atoms with E-state index in [2.05, 4.69) is 9.88 Å². The van der Waals surface area contributed by atoms with E-state index in [-0.39, 0.29) is 12.5 Å². The number of halogens is 1. The zero-order chi connectivity index (χ0) is 21.8. The van der Waals surface area contributed by atoms with Gasteiger partial charge in [0.05, 0.1) is 31.2 Å². The Hall–Kier alpha value is -2.61. The first-order valence-corrected chi connectivity index (χ1v) is 10.9. The summed E-state index contributed by atoms with van der Waals surface area (Å²) < 4.78 is 5.42. The number of pyridine rings is 1. The number of hydrogen-bond acceptors (Lipinski definition) is 6. The lowest BCUT2D eigenvalue weighted by Crippen LogP contribution is -2.63. The second-order valence-corrected chi connectivity index (χ2v) is 8.40. The van der Waals surface area contributed by atoms with E-state index in [1.54, 1.807) is 12.4 Å². The molecule has 164 valence electrons. The molecule has 31 heavy (non-hydrogen) atoms. The maximum Gasteiger partial charge on any atom is 0.242 e. The van der Waals surface area contributed by atoms with Crippen molar-refractivity contribution in [1.82, 2.24) is 19.7 Å². The van der Waals surface area contributed by atoms with E-state index < -0.39 is 0 Å². The minimum atomic E-state index is 0.0995. The fourth-order valence-corrected chi connectivity index (χ4v) is 4.20. The molecule has 1 amide bonds. The molecule has 0 spiro atoms. The predicted octanol–water partition coefficient (Wildman–Crippen LogP) is 1.99. The number of morpholine rings is 1. The molecule has 2 saturated heterocycles. The summed E-state index contributed by atoms with van der Waals surface area (Å²) in [5, 5.41) is 0.651. The number of likely N-dealkylation sites (N-methyl/N-ethyl adjacent to an activating group) is 1. The predicted molar refractivity (Wildman–Crippen MR) is 122 cm³/mol. The van der Waals surface area contributed by atoms with Crippen molar-refractivity contribution in [2.75, 3.05) is 53.0 Å². The van der Waals surface area contributed by atoms with Crippen molar-refractivity contribution in [3.05, 3.63) is 64.9 Å². The number of aromatic nitrogens is 1. The molecule has 1 aromatic carbocycles. The molecule has 0 saturated carbocycles. The van der Waals surface area contributed by atoms with E-state index >= 15 is 0 Å². The molecule has 2 aliphatic rings. The molecular weight excluding hydrogens is 414 g/mol. The lowest BCUT2D eigenvalue weighted by atomic mass is 10.0. The van der Waals surface area contributed by atoms with Gasteiger partial charge >= 0.3 is 0 Å². The Morgan fingerprint density at radius 3 is 2.42 bits per heavy atom. The van der Waals surface area contributed by atoms with Crippen molar-refractivity contribution < 1.29 is 9.53 Å². The molecule has 3 heterocycles. The molecule has 2 aliphatic heterocycles. The van der Waals surface area contributed by atoms with Gasteiger partial charge < -0.3 is 20.3 Å². The third kappa shape index (κ3) is 5.01. The summed E-state index contributed by atoms with van der Waals surface area (Å²) in [5.41, 5.74) is 9.72. The van der Waals surface area contributed by atoms with Crippen LogP contribution in [0.1, 0.15) is 11.1 Å². The fourth-order valence-electron chi connectivity index (χ4n) is 4.07. The van der Waals surface area contributed by atoms with Gasteiger partial charge in [-0.1, -0.05) is 23.7 Å². The van der Waals surface area contributed by atoms with Gasteiger partial charge in [0.25, 0.3) is 0 Å². The van der Waals surface area contributed by atoms with Gasteiger partial charge in [0.15, 0.2) is 0 Å². The van der Waals surface area contributed by atoms with Gasteiger partial charge in [0, 0.05) is 62.2 Å². The summed E-state index contributed by atoms with van der Waals surface area (Å²) in [5.74, 6) is 0.0995. The molecule has 2 N–H and O–H groups in total. The Morgan fingerprint density at radius 1 is 1.13 bits per heavy atom. The van der Waals surface area contributed by atoms with Gasteiger partial charge in [-0.25, -0.2) is 0 Å². The Morgan fingerprint density at radius 2 is 1.77 bits per heavy atom. The number of amides is 1. The van der Waals surface area contributed by atoms with Crippen LogP contribution in [0.2, 0.25) is 5.02 Å². The largest absolute Gasteiger partial charge is 0.397 e. The number of nitrogens with two attached hydrogens (primary N) is 1. The molecule has 0 radical (unpaired) electrons. The van der Waals surface area contributed by atoms with E-state index in [0.29, 0.717) is 16.8 Å². The molecule has 7 nitrogen and oxygen atoms in total. The number of carbonyl (C=O) groups is 1. The number of hydrogen-bond donors (Lipinski definition) is 1. The first-order valence-electron chi connectivity index (χ1n) is 10.5. The van der Waals surface area contributed by atoms with Crippen LogP contribution in [0, 0.1) is 0 Å². The summed E-state index contributed by atoms with van der Waals surface area (Å²) >= 11 is 6.03. The van der Waals surface area contributed by atoms with Gasteiger partial charge in [-0.3, -0.25) is 14.7 Å². The number of ether oxygens (including phenoxy) is 1. The average Bonchev–Trinajstić information content (AvgIpc) is 2.75. The normalized spacial score (nSPS) is 18.3. The van der Waals surface area contributed by atoms with Crippen LogP contribution in [0.4, 0.5) is 0 Å². The Bertz CT molecular complexity index is 923. The van der Waals surface area contributed by atoms with Crippen LogP contribution in [0.15, 0.2) is 48.8 Å². The molecule has 0 atom stereocenters. The van der Waals surface area contributed by atoms with Gasteiger partial charge in [-0.05, 0) is 29.8 Å². The quantitative estimate of drug-likeness (QED) is 0.739. The molecule has 2 aromatic rings. The maximum absolute atomic E-state index is 13.0. The minimum Gasteiger partial charge on any atom is -0.397 e. The number of carbonyl (C=O) groups excluding carboxylic acids is 1. The van der Waals surface area contributed by atoms with Crippen molar-refractivity contribution >= 4 is 28.9 Å². The highest BCUT2D eigenvalue weighted by Gasteiger charge is 2.35. The van der Waals surface area contributed by atoms with Crippen LogP contribution >= 0.6 is 11.6 Å². The fraction of sp³-hybridized carbons (Fsp3) is 0.391. The van der Waals surface area contributed by atoms with Crippen LogP contribution in [0.5, 0.6) is 0 Å². The molecule has 0 bridgehead atoms. The SMILES string of the molecule is CN(CC(=O)N1CC(N2CCOCC2)C1)/C(=C(\N)c1ccc(Cl)cc1)c1ccncc1. The van der Waals surface area contributed by atoms with E-state index in [9.17, 15) is 4.79 Å². The van der Waals surface area contributed by atoms with Crippen LogP contribution < -0.4 is 5.73 Å². The van der Waals surface area contributed by atoms with E-state index in [1.165, 1.54) is 0 Å². The number of rotatable bonds is 6. The van der Waals surface area contributed by atoms with Crippen LogP contribution in [0.3, 0.4) is 0 Å². The zero-order valence-electron chi connectivity index (χ0n) is 17.7. The average molecular weight is 442 g/mol. The molecule has 0 aliphatic carbocycles. The van der Waals surface area contributed by atoms with E-state index in [0.717, 1.165) is 56.2 Å². The topological polar surface area (TPSA) is 74.9 Å². The number of benzene rings is 1. The number of nitrogens with zero attached hydrogens (tertiary/aromatic N) is 4. The van der Waals surface area contributed by atoms with Crippen molar-refractivity contribution in [3.63, 3.8) is 0 Å². The third-order valence-electron chi connectivity index (χ3n) is 5.90. The van der Waals surface area contributed by atoms with Crippen LogP contribution in [-0.2, 0) is 9.53 Å². The third-order valence-corrected chi connectivity index (χ3v) is 6.15. The van der Waals surface area contributed by atoms with Crippen molar-refractivity contribution in [2.45, 2.75) is 6.04 Å². The Kier molecular flexibility index (Phi) is 6.75. The molecule has 2 fully saturated rings. The van der Waals surface area contributed by atoms with E-state index in [4.69, 9.17) is 22.1 Å². The summed E-state index contributed by atoms with van der Waals surface area (Å²) in [6.07, 6.45) is 3.45. The summed E-state index contributed by atoms with van der Waals surface area (Å²) in [4.78, 5) is 23.3. The molecular formula is C23H28ClN5O2. The summed E-state index contributed by atoms with van der Waals surface area (Å²) in [6.45, 7) is 5.23. The zero-order valence-corrected chi connectivity index (χ0v) is 18.5. The van der Waals surface area contributed by atoms with E-state index in [1.807, 2.05) is 53.2 Å². The minimum absolute atomic E-state index is 0.0995. The van der Waals surface area contributed by atoms with Crippen molar-refractivity contribution in [3.8, 4) is 0 Å². The smallest absolute Gasteiger partial charge is 0.242 e. The van der Waals surface area contributed by atoms with Gasteiger partial charge in [0.2, 0.25) is 5.91 Å². The first kappa shape index (κ1) is 21.6. The summed E-state index contributed by atoms with van der Waals surface area (Å²) in [7, 11) is 1.90. The molecule has 0 unspecified atom stereocenters. The lowest BCUT2D eigenvalue weighted by molar-refractivity contribution is -0.140. The highest BCUT2D eigenvalue weighted by molar-refractivity contribution is 6.30.